The molecule has 0 fully saturated rings. The third-order valence-electron chi connectivity index (χ3n) is 3.43. The Morgan fingerprint density at radius 3 is 2.57 bits per heavy atom. The largest absolute Gasteiger partial charge is 0.485 e. The molecule has 2 rings (SSSR count). The van der Waals surface area contributed by atoms with E-state index in [2.05, 4.69) is 50.2 Å². The minimum atomic E-state index is 0.0730. The van der Waals surface area contributed by atoms with Gasteiger partial charge >= 0.3 is 0 Å². The fourth-order valence-electron chi connectivity index (χ4n) is 2.39. The summed E-state index contributed by atoms with van der Waals surface area (Å²) in [5.41, 5.74) is 3.43. The van der Waals surface area contributed by atoms with Crippen molar-refractivity contribution in [3.05, 3.63) is 71.2 Å². The molecule has 106 valence electrons. The summed E-state index contributed by atoms with van der Waals surface area (Å²) in [6.07, 6.45) is 4.02. The highest BCUT2D eigenvalue weighted by Gasteiger charge is 2.13. The number of hydrogen-bond acceptors (Lipinski definition) is 1. The summed E-state index contributed by atoms with van der Waals surface area (Å²) in [7, 11) is 5.54. The summed E-state index contributed by atoms with van der Waals surface area (Å²) >= 11 is 0. The van der Waals surface area contributed by atoms with Crippen LogP contribution in [0.1, 0.15) is 42.6 Å². The van der Waals surface area contributed by atoms with Gasteiger partial charge in [-0.05, 0) is 31.0 Å². The van der Waals surface area contributed by atoms with E-state index in [0.29, 0.717) is 0 Å². The molecule has 0 aromatic heterocycles. The van der Waals surface area contributed by atoms with Crippen LogP contribution in [0.5, 0.6) is 5.75 Å². The molecule has 0 saturated carbocycles. The highest BCUT2D eigenvalue weighted by Crippen LogP contribution is 2.29. The van der Waals surface area contributed by atoms with Crippen LogP contribution in [0.2, 0.25) is 0 Å². The molecule has 0 aliphatic rings. The van der Waals surface area contributed by atoms with Crippen molar-refractivity contribution in [1.82, 2.24) is 0 Å². The Morgan fingerprint density at radius 2 is 1.90 bits per heavy atom. The van der Waals surface area contributed by atoms with Crippen LogP contribution in [0.3, 0.4) is 0 Å². The number of aryl methyl sites for hydroxylation is 1. The van der Waals surface area contributed by atoms with Gasteiger partial charge in [-0.3, -0.25) is 0 Å². The van der Waals surface area contributed by atoms with Crippen molar-refractivity contribution in [1.29, 1.82) is 0 Å². The van der Waals surface area contributed by atoms with Gasteiger partial charge in [-0.15, -0.1) is 5.98 Å². The minimum absolute atomic E-state index is 0.0730. The van der Waals surface area contributed by atoms with Gasteiger partial charge in [0.05, 0.1) is 0 Å². The second kappa shape index (κ2) is 7.73. The van der Waals surface area contributed by atoms with Gasteiger partial charge in [-0.25, -0.2) is 0 Å². The van der Waals surface area contributed by atoms with Crippen molar-refractivity contribution in [2.45, 2.75) is 32.8 Å². The van der Waals surface area contributed by atoms with Gasteiger partial charge in [0, 0.05) is 5.56 Å². The number of benzene rings is 2. The highest BCUT2D eigenvalue weighted by atomic mass is 16.5. The zero-order valence-electron chi connectivity index (χ0n) is 12.8. The van der Waals surface area contributed by atoms with E-state index >= 15 is 0 Å². The lowest BCUT2D eigenvalue weighted by atomic mass is 10.0. The monoisotopic (exact) mass is 276 g/mol. The third kappa shape index (κ3) is 4.25. The Hall–Kier alpha value is -1.96. The maximum absolute atomic E-state index is 6.27. The topological polar surface area (TPSA) is 9.23 Å². The summed E-state index contributed by atoms with van der Waals surface area (Å²) < 4.78 is 6.27. The average Bonchev–Trinajstić information content (AvgIpc) is 2.50. The molecule has 21 heavy (non-hydrogen) atoms. The van der Waals surface area contributed by atoms with E-state index < -0.39 is 0 Å². The SMILES string of the molecule is [B]C=Cc1cc(C)ccc1OC(CCC)c1ccccc1. The Balaban J connectivity index is 2.29. The van der Waals surface area contributed by atoms with Crippen molar-refractivity contribution in [3.63, 3.8) is 0 Å². The fourth-order valence-corrected chi connectivity index (χ4v) is 2.39. The lowest BCUT2D eigenvalue weighted by Crippen LogP contribution is -2.08. The highest BCUT2D eigenvalue weighted by molar-refractivity contribution is 6.19. The van der Waals surface area contributed by atoms with Gasteiger partial charge in [0.25, 0.3) is 0 Å². The predicted octanol–water partition coefficient (Wildman–Crippen LogP) is 5.05. The van der Waals surface area contributed by atoms with Gasteiger partial charge in [-0.1, -0.05) is 61.4 Å². The van der Waals surface area contributed by atoms with Crippen molar-refractivity contribution in [3.8, 4) is 5.75 Å². The molecule has 0 spiro atoms. The normalized spacial score (nSPS) is 12.5. The summed E-state index contributed by atoms with van der Waals surface area (Å²) in [5, 5.41) is 0. The van der Waals surface area contributed by atoms with Crippen molar-refractivity contribution < 1.29 is 4.74 Å². The first kappa shape index (κ1) is 15.4. The van der Waals surface area contributed by atoms with Crippen LogP contribution in [-0.4, -0.2) is 7.85 Å². The molecule has 0 N–H and O–H groups in total. The molecule has 2 radical (unpaired) electrons. The van der Waals surface area contributed by atoms with Crippen LogP contribution in [-0.2, 0) is 0 Å². The second-order valence-electron chi connectivity index (χ2n) is 5.21. The Bertz CT molecular complexity index is 590. The molecule has 2 heteroatoms. The van der Waals surface area contributed by atoms with Gasteiger partial charge < -0.3 is 4.74 Å². The predicted molar refractivity (Wildman–Crippen MR) is 90.7 cm³/mol. The first-order valence-corrected chi connectivity index (χ1v) is 7.45. The molecule has 2 aromatic rings. The van der Waals surface area contributed by atoms with Crippen LogP contribution < -0.4 is 4.74 Å². The van der Waals surface area contributed by atoms with E-state index in [4.69, 9.17) is 12.6 Å². The Morgan fingerprint density at radius 1 is 1.14 bits per heavy atom. The smallest absolute Gasteiger partial charge is 0.127 e. The summed E-state index contributed by atoms with van der Waals surface area (Å²) in [5.74, 6) is 2.43. The van der Waals surface area contributed by atoms with Gasteiger partial charge in [0.2, 0.25) is 0 Å². The first-order chi connectivity index (χ1) is 10.2. The van der Waals surface area contributed by atoms with Gasteiger partial charge in [0.15, 0.2) is 0 Å². The van der Waals surface area contributed by atoms with Crippen LogP contribution in [0.4, 0.5) is 0 Å². The summed E-state index contributed by atoms with van der Waals surface area (Å²) in [6, 6.07) is 16.6. The molecule has 2 aromatic carbocycles. The Kier molecular flexibility index (Phi) is 5.68. The summed E-state index contributed by atoms with van der Waals surface area (Å²) in [6.45, 7) is 4.24. The van der Waals surface area contributed by atoms with Crippen molar-refractivity contribution in [2.24, 2.45) is 0 Å². The van der Waals surface area contributed by atoms with Gasteiger partial charge in [-0.2, -0.15) is 0 Å². The first-order valence-electron chi connectivity index (χ1n) is 7.45. The van der Waals surface area contributed by atoms with E-state index in [1.165, 1.54) is 11.1 Å². The molecular formula is C19H21BO. The molecule has 0 heterocycles. The summed E-state index contributed by atoms with van der Waals surface area (Å²) in [4.78, 5) is 0. The quantitative estimate of drug-likeness (QED) is 0.670. The molecule has 1 unspecified atom stereocenters. The standard InChI is InChI=1S/C19H21BO/c1-3-7-18(16-8-5-4-6-9-16)21-19-11-10-15(2)14-17(19)12-13-20/h4-6,8-14,18H,3,7H2,1-2H3. The Labute approximate surface area is 129 Å². The van der Waals surface area contributed by atoms with Crippen LogP contribution in [0, 0.1) is 6.92 Å². The van der Waals surface area contributed by atoms with E-state index in [1.807, 2.05) is 18.2 Å². The molecule has 0 saturated heterocycles. The van der Waals surface area contributed by atoms with Crippen molar-refractivity contribution in [2.75, 3.05) is 0 Å². The lowest BCUT2D eigenvalue weighted by molar-refractivity contribution is 0.193. The van der Waals surface area contributed by atoms with E-state index in [0.717, 1.165) is 24.2 Å². The fraction of sp³-hybridized carbons (Fsp3) is 0.263. The zero-order chi connectivity index (χ0) is 15.1. The lowest BCUT2D eigenvalue weighted by Gasteiger charge is -2.20. The van der Waals surface area contributed by atoms with Crippen LogP contribution >= 0.6 is 0 Å². The third-order valence-corrected chi connectivity index (χ3v) is 3.43. The maximum Gasteiger partial charge on any atom is 0.127 e. The molecule has 0 bridgehead atoms. The second-order valence-corrected chi connectivity index (χ2v) is 5.21. The van der Waals surface area contributed by atoms with Crippen molar-refractivity contribution >= 4 is 13.9 Å². The minimum Gasteiger partial charge on any atom is -0.485 e. The van der Waals surface area contributed by atoms with E-state index in [-0.39, 0.29) is 6.10 Å². The number of ether oxygens (including phenoxy) is 1. The zero-order valence-corrected chi connectivity index (χ0v) is 12.8. The van der Waals surface area contributed by atoms with E-state index in [1.54, 1.807) is 5.98 Å². The van der Waals surface area contributed by atoms with E-state index in [9.17, 15) is 0 Å². The van der Waals surface area contributed by atoms with Gasteiger partial charge in [0.1, 0.15) is 19.7 Å². The number of hydrogen-bond donors (Lipinski definition) is 0. The molecule has 1 atom stereocenters. The molecule has 1 nitrogen and oxygen atoms in total. The molecular weight excluding hydrogens is 255 g/mol. The van der Waals surface area contributed by atoms with Crippen LogP contribution in [0.25, 0.3) is 6.08 Å². The maximum atomic E-state index is 6.27. The number of rotatable bonds is 6. The average molecular weight is 276 g/mol. The molecule has 0 aliphatic heterocycles. The molecule has 0 aliphatic carbocycles. The van der Waals surface area contributed by atoms with Crippen LogP contribution in [0.15, 0.2) is 54.5 Å². The molecule has 0 amide bonds.